The first kappa shape index (κ1) is 10.2. The average Bonchev–Trinajstić information content (AvgIpc) is 2.26. The largest absolute Gasteiger partial charge is 0.511 e. The van der Waals surface area contributed by atoms with E-state index >= 15 is 0 Å². The third-order valence-electron chi connectivity index (χ3n) is 2.64. The summed E-state index contributed by atoms with van der Waals surface area (Å²) in [4.78, 5) is 11.4. The SMILES string of the molecule is O=C1CC(c2ccccc2)CC(O)=C1Cl. The number of rotatable bonds is 1. The van der Waals surface area contributed by atoms with Gasteiger partial charge in [-0.1, -0.05) is 41.9 Å². The van der Waals surface area contributed by atoms with Gasteiger partial charge < -0.3 is 5.11 Å². The Morgan fingerprint density at radius 1 is 1.20 bits per heavy atom. The minimum atomic E-state index is -0.172. The molecule has 1 aromatic carbocycles. The average molecular weight is 223 g/mol. The quantitative estimate of drug-likeness (QED) is 0.793. The van der Waals surface area contributed by atoms with Crippen molar-refractivity contribution in [3.63, 3.8) is 0 Å². The van der Waals surface area contributed by atoms with Gasteiger partial charge in [-0.05, 0) is 11.5 Å². The monoisotopic (exact) mass is 222 g/mol. The van der Waals surface area contributed by atoms with E-state index in [-0.39, 0.29) is 22.5 Å². The molecule has 3 heteroatoms. The fourth-order valence-corrected chi connectivity index (χ4v) is 1.98. The zero-order valence-electron chi connectivity index (χ0n) is 8.11. The Bertz CT molecular complexity index is 409. The van der Waals surface area contributed by atoms with Gasteiger partial charge in [0.2, 0.25) is 0 Å². The topological polar surface area (TPSA) is 37.3 Å². The number of benzene rings is 1. The Morgan fingerprint density at radius 3 is 2.47 bits per heavy atom. The molecule has 0 radical (unpaired) electrons. The molecule has 0 amide bonds. The van der Waals surface area contributed by atoms with Gasteiger partial charge in [0.05, 0.1) is 0 Å². The summed E-state index contributed by atoms with van der Waals surface area (Å²) < 4.78 is 0. The highest BCUT2D eigenvalue weighted by Gasteiger charge is 2.27. The molecule has 1 N–H and O–H groups in total. The third kappa shape index (κ3) is 2.05. The van der Waals surface area contributed by atoms with Crippen LogP contribution >= 0.6 is 11.6 Å². The zero-order valence-corrected chi connectivity index (χ0v) is 8.87. The summed E-state index contributed by atoms with van der Waals surface area (Å²) in [6.45, 7) is 0. The first-order valence-corrected chi connectivity index (χ1v) is 5.22. The van der Waals surface area contributed by atoms with Crippen LogP contribution in [0.5, 0.6) is 0 Å². The molecule has 1 unspecified atom stereocenters. The second-order valence-corrected chi connectivity index (χ2v) is 4.08. The molecule has 1 aliphatic rings. The fraction of sp³-hybridized carbons (Fsp3) is 0.250. The minimum Gasteiger partial charge on any atom is -0.511 e. The molecule has 0 bridgehead atoms. The molecule has 0 spiro atoms. The second kappa shape index (κ2) is 4.07. The number of Topliss-reactive ketones (excluding diaryl/α,β-unsaturated/α-hetero) is 1. The molecule has 0 fully saturated rings. The number of hydrogen-bond acceptors (Lipinski definition) is 2. The van der Waals surface area contributed by atoms with Crippen LogP contribution in [0, 0.1) is 0 Å². The molecule has 2 nitrogen and oxygen atoms in total. The molecule has 2 rings (SSSR count). The predicted molar refractivity (Wildman–Crippen MR) is 58.9 cm³/mol. The Labute approximate surface area is 93.2 Å². The van der Waals surface area contributed by atoms with Gasteiger partial charge in [0.25, 0.3) is 0 Å². The Hall–Kier alpha value is -1.28. The zero-order chi connectivity index (χ0) is 10.8. The van der Waals surface area contributed by atoms with Crippen molar-refractivity contribution >= 4 is 17.4 Å². The van der Waals surface area contributed by atoms with E-state index in [1.54, 1.807) is 0 Å². The number of hydrogen-bond donors (Lipinski definition) is 1. The lowest BCUT2D eigenvalue weighted by Crippen LogP contribution is -2.15. The smallest absolute Gasteiger partial charge is 0.178 e. The van der Waals surface area contributed by atoms with Crippen LogP contribution in [0.2, 0.25) is 0 Å². The van der Waals surface area contributed by atoms with Crippen molar-refractivity contribution < 1.29 is 9.90 Å². The maximum Gasteiger partial charge on any atom is 0.178 e. The minimum absolute atomic E-state index is 0.00202. The lowest BCUT2D eigenvalue weighted by Gasteiger charge is -2.21. The van der Waals surface area contributed by atoms with Gasteiger partial charge in [-0.15, -0.1) is 0 Å². The highest BCUT2D eigenvalue weighted by Crippen LogP contribution is 2.34. The van der Waals surface area contributed by atoms with Crippen molar-refractivity contribution in [1.82, 2.24) is 0 Å². The van der Waals surface area contributed by atoms with Crippen molar-refractivity contribution in [2.45, 2.75) is 18.8 Å². The molecule has 15 heavy (non-hydrogen) atoms. The van der Waals surface area contributed by atoms with Gasteiger partial charge in [-0.3, -0.25) is 4.79 Å². The van der Waals surface area contributed by atoms with Crippen LogP contribution in [0.15, 0.2) is 41.1 Å². The molecule has 1 aromatic rings. The van der Waals surface area contributed by atoms with Gasteiger partial charge >= 0.3 is 0 Å². The van der Waals surface area contributed by atoms with Crippen molar-refractivity contribution in [2.24, 2.45) is 0 Å². The van der Waals surface area contributed by atoms with Gasteiger partial charge in [0.1, 0.15) is 10.8 Å². The van der Waals surface area contributed by atoms with E-state index in [0.29, 0.717) is 12.8 Å². The third-order valence-corrected chi connectivity index (χ3v) is 3.07. The number of halogens is 1. The number of ketones is 1. The van der Waals surface area contributed by atoms with Crippen molar-refractivity contribution in [2.75, 3.05) is 0 Å². The number of aliphatic hydroxyl groups excluding tert-OH is 1. The van der Waals surface area contributed by atoms with E-state index in [4.69, 9.17) is 11.6 Å². The fourth-order valence-electron chi connectivity index (χ4n) is 1.83. The molecule has 78 valence electrons. The van der Waals surface area contributed by atoms with Crippen LogP contribution < -0.4 is 0 Å². The van der Waals surface area contributed by atoms with Gasteiger partial charge in [-0.25, -0.2) is 0 Å². The summed E-state index contributed by atoms with van der Waals surface area (Å²) in [6.07, 6.45) is 0.835. The van der Waals surface area contributed by atoms with Crippen LogP contribution in [0.1, 0.15) is 24.3 Å². The first-order chi connectivity index (χ1) is 7.18. The number of carbonyl (C=O) groups is 1. The second-order valence-electron chi connectivity index (χ2n) is 3.70. The first-order valence-electron chi connectivity index (χ1n) is 4.84. The van der Waals surface area contributed by atoms with Crippen LogP contribution in [0.3, 0.4) is 0 Å². The normalized spacial score (nSPS) is 21.9. The highest BCUT2D eigenvalue weighted by molar-refractivity contribution is 6.43. The molecule has 0 saturated heterocycles. The molecule has 0 aromatic heterocycles. The summed E-state index contributed by atoms with van der Waals surface area (Å²) >= 11 is 5.65. The molecule has 1 atom stereocenters. The van der Waals surface area contributed by atoms with Crippen LogP contribution in [-0.4, -0.2) is 10.9 Å². The van der Waals surface area contributed by atoms with Crippen LogP contribution in [-0.2, 0) is 4.79 Å². The van der Waals surface area contributed by atoms with Crippen molar-refractivity contribution in [1.29, 1.82) is 0 Å². The standard InChI is InChI=1S/C12H11ClO2/c13-12-10(14)6-9(7-11(12)15)8-4-2-1-3-5-8/h1-5,9,14H,6-7H2. The predicted octanol–water partition coefficient (Wildman–Crippen LogP) is 3.14. The Balaban J connectivity index is 2.26. The van der Waals surface area contributed by atoms with Crippen LogP contribution in [0.4, 0.5) is 0 Å². The summed E-state index contributed by atoms with van der Waals surface area (Å²) in [5.41, 5.74) is 1.07. The Morgan fingerprint density at radius 2 is 1.87 bits per heavy atom. The number of allylic oxidation sites excluding steroid dienone is 2. The molecule has 0 heterocycles. The molecule has 0 aliphatic heterocycles. The molecule has 0 saturated carbocycles. The van der Waals surface area contributed by atoms with Crippen LogP contribution in [0.25, 0.3) is 0 Å². The van der Waals surface area contributed by atoms with E-state index in [2.05, 4.69) is 0 Å². The lowest BCUT2D eigenvalue weighted by molar-refractivity contribution is -0.116. The lowest BCUT2D eigenvalue weighted by atomic mass is 9.86. The molecular formula is C12H11ClO2. The van der Waals surface area contributed by atoms with Crippen molar-refractivity contribution in [3.8, 4) is 0 Å². The molecule has 1 aliphatic carbocycles. The number of aliphatic hydroxyl groups is 1. The van der Waals surface area contributed by atoms with E-state index in [1.807, 2.05) is 30.3 Å². The summed E-state index contributed by atoms with van der Waals surface area (Å²) in [5.74, 6) is -0.0998. The summed E-state index contributed by atoms with van der Waals surface area (Å²) in [6, 6.07) is 9.71. The van der Waals surface area contributed by atoms with Gasteiger partial charge in [-0.2, -0.15) is 0 Å². The van der Waals surface area contributed by atoms with Gasteiger partial charge in [0.15, 0.2) is 5.78 Å². The maximum atomic E-state index is 11.4. The van der Waals surface area contributed by atoms with E-state index in [9.17, 15) is 9.90 Å². The van der Waals surface area contributed by atoms with Crippen molar-refractivity contribution in [3.05, 3.63) is 46.7 Å². The van der Waals surface area contributed by atoms with Gasteiger partial charge in [0, 0.05) is 12.8 Å². The van der Waals surface area contributed by atoms with E-state index in [0.717, 1.165) is 5.56 Å². The van der Waals surface area contributed by atoms with E-state index < -0.39 is 0 Å². The summed E-state index contributed by atoms with van der Waals surface area (Å²) in [5, 5.41) is 9.51. The molecular weight excluding hydrogens is 212 g/mol. The Kier molecular flexibility index (Phi) is 2.78. The number of carbonyl (C=O) groups excluding carboxylic acids is 1. The maximum absolute atomic E-state index is 11.4. The van der Waals surface area contributed by atoms with E-state index in [1.165, 1.54) is 0 Å². The highest BCUT2D eigenvalue weighted by atomic mass is 35.5. The summed E-state index contributed by atoms with van der Waals surface area (Å²) in [7, 11) is 0.